The van der Waals surface area contributed by atoms with Gasteiger partial charge in [-0.05, 0) is 12.8 Å². The van der Waals surface area contributed by atoms with E-state index in [1.54, 1.807) is 11.0 Å². The van der Waals surface area contributed by atoms with Crippen molar-refractivity contribution in [3.63, 3.8) is 0 Å². The highest BCUT2D eigenvalue weighted by atomic mass is 16.5. The summed E-state index contributed by atoms with van der Waals surface area (Å²) in [5.74, 6) is 0.623. The highest BCUT2D eigenvalue weighted by molar-refractivity contribution is 5.80. The third-order valence-electron chi connectivity index (χ3n) is 4.59. The van der Waals surface area contributed by atoms with E-state index < -0.39 is 0 Å². The summed E-state index contributed by atoms with van der Waals surface area (Å²) in [6, 6.07) is 0.156. The number of hydrogen-bond acceptors (Lipinski definition) is 5. The Hall–Kier alpha value is -1.47. The van der Waals surface area contributed by atoms with Gasteiger partial charge in [-0.25, -0.2) is 9.67 Å². The van der Waals surface area contributed by atoms with Crippen molar-refractivity contribution in [2.24, 2.45) is 5.92 Å². The van der Waals surface area contributed by atoms with Crippen LogP contribution in [0.3, 0.4) is 0 Å². The van der Waals surface area contributed by atoms with Crippen LogP contribution in [0.4, 0.5) is 0 Å². The molecule has 2 saturated heterocycles. The maximum atomic E-state index is 12.6. The van der Waals surface area contributed by atoms with Crippen LogP contribution in [-0.2, 0) is 9.53 Å². The van der Waals surface area contributed by atoms with E-state index in [1.165, 1.54) is 6.33 Å². The minimum absolute atomic E-state index is 0.128. The second kappa shape index (κ2) is 6.11. The second-order valence-electron chi connectivity index (χ2n) is 5.99. The van der Waals surface area contributed by atoms with Crippen molar-refractivity contribution < 1.29 is 9.53 Å². The first-order valence-corrected chi connectivity index (χ1v) is 7.61. The summed E-state index contributed by atoms with van der Waals surface area (Å²) in [5.41, 5.74) is 0. The zero-order valence-electron chi connectivity index (χ0n) is 12.7. The van der Waals surface area contributed by atoms with Crippen molar-refractivity contribution in [2.45, 2.75) is 25.9 Å². The molecule has 0 saturated carbocycles. The summed E-state index contributed by atoms with van der Waals surface area (Å²) < 4.78 is 7.04. The molecule has 0 N–H and O–H groups in total. The zero-order chi connectivity index (χ0) is 14.8. The topological polar surface area (TPSA) is 63.5 Å². The number of nitrogens with zero attached hydrogens (tertiary/aromatic N) is 5. The van der Waals surface area contributed by atoms with E-state index in [-0.39, 0.29) is 11.9 Å². The third-order valence-corrected chi connectivity index (χ3v) is 4.59. The van der Waals surface area contributed by atoms with E-state index in [4.69, 9.17) is 4.74 Å². The van der Waals surface area contributed by atoms with Crippen molar-refractivity contribution in [3.8, 4) is 0 Å². The summed E-state index contributed by atoms with van der Waals surface area (Å²) in [7, 11) is 0. The fraction of sp³-hybridized carbons (Fsp3) is 0.786. The van der Waals surface area contributed by atoms with Crippen LogP contribution in [0.5, 0.6) is 0 Å². The van der Waals surface area contributed by atoms with Gasteiger partial charge in [0, 0.05) is 32.2 Å². The lowest BCUT2D eigenvalue weighted by molar-refractivity contribution is -0.133. The van der Waals surface area contributed by atoms with Crippen LogP contribution in [0, 0.1) is 5.92 Å². The molecule has 1 amide bonds. The first-order chi connectivity index (χ1) is 10.2. The van der Waals surface area contributed by atoms with Gasteiger partial charge in [0.2, 0.25) is 5.91 Å². The molecule has 1 aromatic rings. The molecule has 3 heterocycles. The fourth-order valence-corrected chi connectivity index (χ4v) is 3.31. The lowest BCUT2D eigenvalue weighted by Crippen LogP contribution is -2.47. The molecule has 0 radical (unpaired) electrons. The average Bonchev–Trinajstić information content (AvgIpc) is 3.16. The number of ether oxygens (including phenoxy) is 1. The van der Waals surface area contributed by atoms with Crippen molar-refractivity contribution in [1.29, 1.82) is 0 Å². The van der Waals surface area contributed by atoms with E-state index in [1.807, 2.05) is 11.8 Å². The molecule has 0 aliphatic carbocycles. The normalized spacial score (nSPS) is 28.8. The van der Waals surface area contributed by atoms with Crippen LogP contribution >= 0.6 is 0 Å². The largest absolute Gasteiger partial charge is 0.379 e. The molecule has 7 heteroatoms. The quantitative estimate of drug-likeness (QED) is 0.786. The van der Waals surface area contributed by atoms with Crippen LogP contribution in [0.15, 0.2) is 12.7 Å². The van der Waals surface area contributed by atoms with Crippen molar-refractivity contribution in [2.75, 3.05) is 39.4 Å². The van der Waals surface area contributed by atoms with Crippen molar-refractivity contribution in [3.05, 3.63) is 12.7 Å². The monoisotopic (exact) mass is 293 g/mol. The van der Waals surface area contributed by atoms with Crippen LogP contribution in [0.25, 0.3) is 0 Å². The molecule has 0 aromatic carbocycles. The molecule has 1 aromatic heterocycles. The number of likely N-dealkylation sites (tertiary alicyclic amines) is 1. The molecule has 3 rings (SSSR count). The van der Waals surface area contributed by atoms with Gasteiger partial charge in [-0.15, -0.1) is 0 Å². The fourth-order valence-electron chi connectivity index (χ4n) is 3.31. The van der Waals surface area contributed by atoms with E-state index >= 15 is 0 Å². The molecule has 0 unspecified atom stereocenters. The Bertz CT molecular complexity index is 472. The summed E-state index contributed by atoms with van der Waals surface area (Å²) >= 11 is 0. The molecule has 21 heavy (non-hydrogen) atoms. The first kappa shape index (κ1) is 14.5. The van der Waals surface area contributed by atoms with E-state index in [0.717, 1.165) is 39.4 Å². The van der Waals surface area contributed by atoms with Crippen LogP contribution in [0.1, 0.15) is 19.9 Å². The third kappa shape index (κ3) is 2.94. The minimum atomic E-state index is -0.289. The SMILES string of the molecule is C[C@@H]1CN(C(=O)[C@@H](C)n2cncn2)C[C@H]1N1CCOCC1. The van der Waals surface area contributed by atoms with Gasteiger partial charge in [-0.3, -0.25) is 9.69 Å². The highest BCUT2D eigenvalue weighted by Crippen LogP contribution is 2.24. The van der Waals surface area contributed by atoms with Gasteiger partial charge in [-0.2, -0.15) is 5.10 Å². The van der Waals surface area contributed by atoms with Gasteiger partial charge in [-0.1, -0.05) is 6.92 Å². The number of hydrogen-bond donors (Lipinski definition) is 0. The molecule has 7 nitrogen and oxygen atoms in total. The predicted molar refractivity (Wildman–Crippen MR) is 76.7 cm³/mol. The molecular weight excluding hydrogens is 270 g/mol. The Morgan fingerprint density at radius 3 is 2.76 bits per heavy atom. The number of carbonyl (C=O) groups excluding carboxylic acids is 1. The molecule has 0 bridgehead atoms. The number of aromatic nitrogens is 3. The molecule has 0 spiro atoms. The molecular formula is C14H23N5O2. The molecule has 2 aliphatic heterocycles. The van der Waals surface area contributed by atoms with E-state index in [0.29, 0.717) is 12.0 Å². The summed E-state index contributed by atoms with van der Waals surface area (Å²) in [5, 5.41) is 4.07. The Morgan fingerprint density at radius 1 is 1.33 bits per heavy atom. The van der Waals surface area contributed by atoms with Crippen LogP contribution < -0.4 is 0 Å². The van der Waals surface area contributed by atoms with Crippen LogP contribution in [0.2, 0.25) is 0 Å². The van der Waals surface area contributed by atoms with Gasteiger partial charge in [0.25, 0.3) is 0 Å². The number of carbonyl (C=O) groups is 1. The Labute approximate surface area is 124 Å². The minimum Gasteiger partial charge on any atom is -0.379 e. The summed E-state index contributed by atoms with van der Waals surface area (Å²) in [6.07, 6.45) is 3.06. The van der Waals surface area contributed by atoms with Crippen molar-refractivity contribution >= 4 is 5.91 Å². The standard InChI is InChI=1S/C14H23N5O2/c1-11-7-18(8-13(11)17-3-5-21-6-4-17)14(20)12(2)19-10-15-9-16-19/h9-13H,3-8H2,1-2H3/t11-,12-,13-/m1/s1. The maximum Gasteiger partial charge on any atom is 0.247 e. The molecule has 116 valence electrons. The van der Waals surface area contributed by atoms with Gasteiger partial charge in [0.05, 0.1) is 13.2 Å². The van der Waals surface area contributed by atoms with Gasteiger partial charge >= 0.3 is 0 Å². The predicted octanol–water partition coefficient (Wildman–Crippen LogP) is 0.0182. The van der Waals surface area contributed by atoms with Gasteiger partial charge < -0.3 is 9.64 Å². The van der Waals surface area contributed by atoms with E-state index in [9.17, 15) is 4.79 Å². The summed E-state index contributed by atoms with van der Waals surface area (Å²) in [4.78, 5) is 21.0. The van der Waals surface area contributed by atoms with Gasteiger partial charge in [0.15, 0.2) is 0 Å². The summed E-state index contributed by atoms with van der Waals surface area (Å²) in [6.45, 7) is 9.26. The zero-order valence-corrected chi connectivity index (χ0v) is 12.7. The molecule has 3 atom stereocenters. The van der Waals surface area contributed by atoms with Crippen molar-refractivity contribution in [1.82, 2.24) is 24.6 Å². The Balaban J connectivity index is 1.63. The second-order valence-corrected chi connectivity index (χ2v) is 5.99. The smallest absolute Gasteiger partial charge is 0.247 e. The molecule has 2 fully saturated rings. The average molecular weight is 293 g/mol. The Kier molecular flexibility index (Phi) is 4.21. The van der Waals surface area contributed by atoms with E-state index in [2.05, 4.69) is 21.9 Å². The first-order valence-electron chi connectivity index (χ1n) is 7.61. The number of amides is 1. The van der Waals surface area contributed by atoms with Crippen LogP contribution in [-0.4, -0.2) is 75.9 Å². The lowest BCUT2D eigenvalue weighted by Gasteiger charge is -2.34. The maximum absolute atomic E-state index is 12.6. The highest BCUT2D eigenvalue weighted by Gasteiger charge is 2.38. The van der Waals surface area contributed by atoms with Gasteiger partial charge in [0.1, 0.15) is 18.7 Å². The lowest BCUT2D eigenvalue weighted by atomic mass is 10.0. The number of rotatable bonds is 3. The molecule has 2 aliphatic rings. The number of morpholine rings is 1. The Morgan fingerprint density at radius 2 is 2.10 bits per heavy atom.